The smallest absolute Gasteiger partial charge is 0.226 e. The number of nitrogens with zero attached hydrogens (tertiary/aromatic N) is 2. The molecular formula is C24H33N3O2. The van der Waals surface area contributed by atoms with Crippen molar-refractivity contribution in [3.05, 3.63) is 53.1 Å². The molecule has 0 spiro atoms. The van der Waals surface area contributed by atoms with Gasteiger partial charge in [0.2, 0.25) is 11.8 Å². The molecule has 0 aliphatic rings. The lowest BCUT2D eigenvalue weighted by atomic mass is 10.1. The first-order chi connectivity index (χ1) is 13.7. The van der Waals surface area contributed by atoms with Crippen LogP contribution in [0.2, 0.25) is 0 Å². The van der Waals surface area contributed by atoms with Crippen molar-refractivity contribution in [2.75, 3.05) is 34.8 Å². The number of aryl methyl sites for hydroxylation is 3. The van der Waals surface area contributed by atoms with E-state index < -0.39 is 0 Å². The molecule has 0 fully saturated rings. The van der Waals surface area contributed by atoms with Crippen LogP contribution in [0.25, 0.3) is 0 Å². The first-order valence-corrected chi connectivity index (χ1v) is 10.3. The van der Waals surface area contributed by atoms with Gasteiger partial charge in [0.15, 0.2) is 0 Å². The number of hydrogen-bond acceptors (Lipinski definition) is 3. The van der Waals surface area contributed by atoms with Crippen LogP contribution in [-0.4, -0.2) is 31.4 Å². The Morgan fingerprint density at radius 2 is 1.52 bits per heavy atom. The summed E-state index contributed by atoms with van der Waals surface area (Å²) in [6.07, 6.45) is 0.240. The second-order valence-corrected chi connectivity index (χ2v) is 7.49. The molecule has 0 heterocycles. The Bertz CT molecular complexity index is 852. The van der Waals surface area contributed by atoms with Crippen LogP contribution in [0.15, 0.2) is 36.4 Å². The van der Waals surface area contributed by atoms with Gasteiger partial charge in [-0.15, -0.1) is 0 Å². The number of carbonyl (C=O) groups excluding carboxylic acids is 2. The lowest BCUT2D eigenvalue weighted by Gasteiger charge is -2.23. The van der Waals surface area contributed by atoms with E-state index in [1.807, 2.05) is 45.0 Å². The van der Waals surface area contributed by atoms with Crippen molar-refractivity contribution in [3.8, 4) is 0 Å². The fraction of sp³-hybridized carbons (Fsp3) is 0.417. The Balaban J connectivity index is 2.05. The van der Waals surface area contributed by atoms with Crippen molar-refractivity contribution in [2.45, 2.75) is 48.0 Å². The number of amides is 2. The zero-order chi connectivity index (χ0) is 21.6. The molecule has 2 amide bonds. The minimum Gasteiger partial charge on any atom is -0.372 e. The lowest BCUT2D eigenvalue weighted by Crippen LogP contribution is -2.32. The molecular weight excluding hydrogens is 362 g/mol. The van der Waals surface area contributed by atoms with Crippen LogP contribution in [0.3, 0.4) is 0 Å². The third kappa shape index (κ3) is 6.08. The Labute approximate surface area is 174 Å². The maximum absolute atomic E-state index is 12.5. The van der Waals surface area contributed by atoms with Crippen LogP contribution < -0.4 is 15.1 Å². The van der Waals surface area contributed by atoms with E-state index in [1.165, 1.54) is 6.92 Å². The molecule has 5 nitrogen and oxygen atoms in total. The molecule has 0 radical (unpaired) electrons. The summed E-state index contributed by atoms with van der Waals surface area (Å²) in [5, 5.41) is 2.99. The molecule has 1 N–H and O–H groups in total. The summed E-state index contributed by atoms with van der Waals surface area (Å²) in [6.45, 7) is 14.0. The summed E-state index contributed by atoms with van der Waals surface area (Å²) in [4.78, 5) is 28.6. The fourth-order valence-corrected chi connectivity index (χ4v) is 3.57. The quantitative estimate of drug-likeness (QED) is 0.696. The SMILES string of the molecule is CCN(CC)c1ccc(NC(=O)CCN(C(C)=O)c2cc(C)cc(C)c2)c(C)c1. The van der Waals surface area contributed by atoms with E-state index in [0.29, 0.717) is 6.54 Å². The molecule has 0 bridgehead atoms. The number of carbonyl (C=O) groups is 2. The van der Waals surface area contributed by atoms with E-state index >= 15 is 0 Å². The van der Waals surface area contributed by atoms with E-state index in [2.05, 4.69) is 36.2 Å². The fourth-order valence-electron chi connectivity index (χ4n) is 3.57. The van der Waals surface area contributed by atoms with Crippen LogP contribution in [0, 0.1) is 20.8 Å². The maximum atomic E-state index is 12.5. The molecule has 2 rings (SSSR count). The van der Waals surface area contributed by atoms with E-state index in [0.717, 1.165) is 46.8 Å². The number of rotatable bonds is 8. The second-order valence-electron chi connectivity index (χ2n) is 7.49. The van der Waals surface area contributed by atoms with Crippen LogP contribution >= 0.6 is 0 Å². The maximum Gasteiger partial charge on any atom is 0.226 e. The zero-order valence-electron chi connectivity index (χ0n) is 18.5. The topological polar surface area (TPSA) is 52.7 Å². The van der Waals surface area contributed by atoms with Gasteiger partial charge in [0.25, 0.3) is 0 Å². The minimum absolute atomic E-state index is 0.0671. The van der Waals surface area contributed by atoms with Gasteiger partial charge in [0.1, 0.15) is 0 Å². The van der Waals surface area contributed by atoms with Crippen LogP contribution in [-0.2, 0) is 9.59 Å². The number of benzene rings is 2. The first-order valence-electron chi connectivity index (χ1n) is 10.3. The normalized spacial score (nSPS) is 10.6. The van der Waals surface area contributed by atoms with Crippen molar-refractivity contribution < 1.29 is 9.59 Å². The molecule has 156 valence electrons. The predicted octanol–water partition coefficient (Wildman–Crippen LogP) is 4.84. The number of anilines is 3. The van der Waals surface area contributed by atoms with E-state index in [-0.39, 0.29) is 18.2 Å². The molecule has 0 aromatic heterocycles. The molecule has 2 aromatic carbocycles. The Morgan fingerprint density at radius 3 is 2.03 bits per heavy atom. The molecule has 0 saturated heterocycles. The van der Waals surface area contributed by atoms with Crippen LogP contribution in [0.4, 0.5) is 17.1 Å². The Hall–Kier alpha value is -2.82. The molecule has 0 aliphatic carbocycles. The van der Waals surface area contributed by atoms with Gasteiger partial charge in [-0.1, -0.05) is 6.07 Å². The summed E-state index contributed by atoms with van der Waals surface area (Å²) >= 11 is 0. The minimum atomic E-state index is -0.0979. The zero-order valence-corrected chi connectivity index (χ0v) is 18.5. The first kappa shape index (κ1) is 22.5. The predicted molar refractivity (Wildman–Crippen MR) is 122 cm³/mol. The van der Waals surface area contributed by atoms with E-state index in [9.17, 15) is 9.59 Å². The average Bonchev–Trinajstić information content (AvgIpc) is 2.64. The van der Waals surface area contributed by atoms with Crippen molar-refractivity contribution in [3.63, 3.8) is 0 Å². The highest BCUT2D eigenvalue weighted by Crippen LogP contribution is 2.23. The lowest BCUT2D eigenvalue weighted by molar-refractivity contribution is -0.117. The third-order valence-corrected chi connectivity index (χ3v) is 5.07. The van der Waals surface area contributed by atoms with Gasteiger partial charge in [-0.3, -0.25) is 9.59 Å². The molecule has 5 heteroatoms. The molecule has 29 heavy (non-hydrogen) atoms. The number of hydrogen-bond donors (Lipinski definition) is 1. The van der Waals surface area contributed by atoms with Crippen LogP contribution in [0.1, 0.15) is 43.9 Å². The Kier molecular flexibility index (Phi) is 7.82. The molecule has 0 atom stereocenters. The number of nitrogens with one attached hydrogen (secondary N) is 1. The van der Waals surface area contributed by atoms with Gasteiger partial charge in [0, 0.05) is 50.0 Å². The molecule has 0 saturated carbocycles. The van der Waals surface area contributed by atoms with E-state index in [1.54, 1.807) is 4.90 Å². The second kappa shape index (κ2) is 10.1. The summed E-state index contributed by atoms with van der Waals surface area (Å²) in [7, 11) is 0. The standard InChI is InChI=1S/C24H33N3O2/c1-7-26(8-2)21-9-10-23(19(5)16-21)25-24(29)11-12-27(20(6)28)22-14-17(3)13-18(4)15-22/h9-10,13-16H,7-8,11-12H2,1-6H3,(H,25,29). The van der Waals surface area contributed by atoms with Crippen molar-refractivity contribution in [1.29, 1.82) is 0 Å². The van der Waals surface area contributed by atoms with Crippen LogP contribution in [0.5, 0.6) is 0 Å². The van der Waals surface area contributed by atoms with Crippen molar-refractivity contribution in [1.82, 2.24) is 0 Å². The van der Waals surface area contributed by atoms with Gasteiger partial charge in [-0.25, -0.2) is 0 Å². The molecule has 2 aromatic rings. The monoisotopic (exact) mass is 395 g/mol. The van der Waals surface area contributed by atoms with E-state index in [4.69, 9.17) is 0 Å². The average molecular weight is 396 g/mol. The summed E-state index contributed by atoms with van der Waals surface area (Å²) in [5.74, 6) is -0.165. The molecule has 0 aliphatic heterocycles. The third-order valence-electron chi connectivity index (χ3n) is 5.07. The molecule has 0 unspecified atom stereocenters. The van der Waals surface area contributed by atoms with Gasteiger partial charge < -0.3 is 15.1 Å². The summed E-state index contributed by atoms with van der Waals surface area (Å²) < 4.78 is 0. The summed E-state index contributed by atoms with van der Waals surface area (Å²) in [5.41, 5.74) is 6.03. The van der Waals surface area contributed by atoms with Crippen molar-refractivity contribution in [2.24, 2.45) is 0 Å². The van der Waals surface area contributed by atoms with Gasteiger partial charge in [-0.2, -0.15) is 0 Å². The Morgan fingerprint density at radius 1 is 0.897 bits per heavy atom. The van der Waals surface area contributed by atoms with Gasteiger partial charge >= 0.3 is 0 Å². The van der Waals surface area contributed by atoms with Gasteiger partial charge in [0.05, 0.1) is 0 Å². The largest absolute Gasteiger partial charge is 0.372 e. The van der Waals surface area contributed by atoms with Gasteiger partial charge in [-0.05, 0) is 81.6 Å². The van der Waals surface area contributed by atoms with Crippen molar-refractivity contribution >= 4 is 28.9 Å². The summed E-state index contributed by atoms with van der Waals surface area (Å²) in [6, 6.07) is 12.1. The highest BCUT2D eigenvalue weighted by molar-refractivity contribution is 5.95. The highest BCUT2D eigenvalue weighted by atomic mass is 16.2. The highest BCUT2D eigenvalue weighted by Gasteiger charge is 2.15.